The van der Waals surface area contributed by atoms with E-state index in [1.54, 1.807) is 0 Å². The molecule has 10 aromatic rings. The van der Waals surface area contributed by atoms with Crippen LogP contribution in [0.2, 0.25) is 0 Å². The van der Waals surface area contributed by atoms with E-state index in [1.165, 1.54) is 55.3 Å². The molecule has 0 radical (unpaired) electrons. The van der Waals surface area contributed by atoms with Gasteiger partial charge in [-0.2, -0.15) is 0 Å². The third-order valence-corrected chi connectivity index (χ3v) is 12.2. The monoisotopic (exact) mass is 747 g/mol. The molecule has 0 bridgehead atoms. The molecule has 1 unspecified atom stereocenters. The molecular weight excluding hydrogens is 711 g/mol. The van der Waals surface area contributed by atoms with Gasteiger partial charge in [0.25, 0.3) is 0 Å². The van der Waals surface area contributed by atoms with Gasteiger partial charge in [0.15, 0.2) is 11.8 Å². The maximum atomic E-state index is 6.43. The smallest absolute Gasteiger partial charge is 0.227 e. The van der Waals surface area contributed by atoms with Gasteiger partial charge < -0.3 is 19.0 Å². The van der Waals surface area contributed by atoms with Crippen LogP contribution in [-0.4, -0.2) is 9.55 Å². The van der Waals surface area contributed by atoms with Crippen LogP contribution in [0.25, 0.3) is 83.4 Å². The van der Waals surface area contributed by atoms with Gasteiger partial charge in [-0.25, -0.2) is 4.98 Å². The summed E-state index contributed by atoms with van der Waals surface area (Å²) in [5.74, 6) is 1.42. The number of ether oxygens (including phenoxy) is 1. The van der Waals surface area contributed by atoms with Gasteiger partial charge >= 0.3 is 0 Å². The first-order valence-electron chi connectivity index (χ1n) is 19.9. The van der Waals surface area contributed by atoms with Crippen molar-refractivity contribution in [3.8, 4) is 56.3 Å². The first-order chi connectivity index (χ1) is 28.5. The fourth-order valence-corrected chi connectivity index (χ4v) is 9.43. The van der Waals surface area contributed by atoms with Crippen molar-refractivity contribution in [1.82, 2.24) is 9.55 Å². The highest BCUT2D eigenvalue weighted by molar-refractivity contribution is 6.18. The van der Waals surface area contributed by atoms with Gasteiger partial charge in [-0.3, -0.25) is 0 Å². The van der Waals surface area contributed by atoms with Crippen molar-refractivity contribution < 1.29 is 9.15 Å². The van der Waals surface area contributed by atoms with E-state index in [9.17, 15) is 0 Å². The number of anilines is 1. The highest BCUT2D eigenvalue weighted by Crippen LogP contribution is 2.54. The van der Waals surface area contributed by atoms with Gasteiger partial charge in [0.05, 0.1) is 16.7 Å². The van der Waals surface area contributed by atoms with Crippen LogP contribution in [0.15, 0.2) is 180 Å². The molecule has 8 aromatic carbocycles. The zero-order valence-corrected chi connectivity index (χ0v) is 32.0. The average Bonchev–Trinajstić information content (AvgIpc) is 4.04. The van der Waals surface area contributed by atoms with Crippen molar-refractivity contribution >= 4 is 38.6 Å². The second kappa shape index (κ2) is 12.3. The first-order valence-corrected chi connectivity index (χ1v) is 19.9. The van der Waals surface area contributed by atoms with Crippen LogP contribution in [0.4, 0.5) is 5.69 Å². The van der Waals surface area contributed by atoms with E-state index in [4.69, 9.17) is 14.1 Å². The van der Waals surface area contributed by atoms with Crippen LogP contribution in [0.5, 0.6) is 5.75 Å². The summed E-state index contributed by atoms with van der Waals surface area (Å²) >= 11 is 0. The van der Waals surface area contributed by atoms with Crippen molar-refractivity contribution in [1.29, 1.82) is 0 Å². The number of hydrogen-bond acceptors (Lipinski definition) is 4. The third-order valence-electron chi connectivity index (χ3n) is 12.2. The number of fused-ring (bicyclic) bond motifs is 9. The summed E-state index contributed by atoms with van der Waals surface area (Å²) in [6, 6.07) is 62.6. The summed E-state index contributed by atoms with van der Waals surface area (Å²) < 4.78 is 15.1. The molecule has 0 fully saturated rings. The zero-order valence-electron chi connectivity index (χ0n) is 32.0. The summed E-state index contributed by atoms with van der Waals surface area (Å²) in [5.41, 5.74) is 17.8. The molecule has 5 heteroatoms. The molecule has 0 saturated carbocycles. The van der Waals surface area contributed by atoms with E-state index in [-0.39, 0.29) is 11.6 Å². The molecule has 276 valence electrons. The lowest BCUT2D eigenvalue weighted by molar-refractivity contribution is 0.260. The van der Waals surface area contributed by atoms with Gasteiger partial charge in [-0.1, -0.05) is 111 Å². The summed E-state index contributed by atoms with van der Waals surface area (Å²) in [6.45, 7) is 4.74. The summed E-state index contributed by atoms with van der Waals surface area (Å²) in [4.78, 5) is 4.88. The van der Waals surface area contributed by atoms with E-state index < -0.39 is 0 Å². The third kappa shape index (κ3) is 4.93. The Balaban J connectivity index is 0.975. The molecular formula is C53H37N3O2. The number of hydrogen-bond donors (Lipinski definition) is 1. The highest BCUT2D eigenvalue weighted by atomic mass is 16.5. The molecule has 2 aromatic heterocycles. The van der Waals surface area contributed by atoms with Crippen molar-refractivity contribution in [2.75, 3.05) is 5.32 Å². The number of oxazole rings is 1. The SMILES string of the molecule is CC1(C)c2cc(-c3cccc(-c4cc(-c5nc6ccccc6o5)cc(C5Nc6ccccc6O5)c4)c3)ccc2-c2c1ccc1c2c2ccccc2n1-c1ccccc1. The lowest BCUT2D eigenvalue weighted by Crippen LogP contribution is -2.15. The molecule has 0 amide bonds. The molecule has 2 aliphatic rings. The fraction of sp³-hybridized carbons (Fsp3) is 0.0755. The number of nitrogens with one attached hydrogen (secondary N) is 1. The molecule has 3 heterocycles. The maximum Gasteiger partial charge on any atom is 0.227 e. The van der Waals surface area contributed by atoms with Gasteiger partial charge in [-0.15, -0.1) is 0 Å². The zero-order chi connectivity index (χ0) is 38.5. The van der Waals surface area contributed by atoms with Crippen LogP contribution in [0, 0.1) is 0 Å². The highest BCUT2D eigenvalue weighted by Gasteiger charge is 2.38. The van der Waals surface area contributed by atoms with E-state index >= 15 is 0 Å². The van der Waals surface area contributed by atoms with Crippen LogP contribution in [-0.2, 0) is 5.41 Å². The molecule has 58 heavy (non-hydrogen) atoms. The predicted octanol–water partition coefficient (Wildman–Crippen LogP) is 13.7. The van der Waals surface area contributed by atoms with Gasteiger partial charge in [0, 0.05) is 33.0 Å². The number of para-hydroxylation sites is 6. The first kappa shape index (κ1) is 32.8. The lowest BCUT2D eigenvalue weighted by Gasteiger charge is -2.22. The Morgan fingerprint density at radius 2 is 1.33 bits per heavy atom. The Morgan fingerprint density at radius 1 is 0.586 bits per heavy atom. The minimum Gasteiger partial charge on any atom is -0.464 e. The Morgan fingerprint density at radius 3 is 2.21 bits per heavy atom. The predicted molar refractivity (Wildman–Crippen MR) is 236 cm³/mol. The molecule has 1 aliphatic heterocycles. The van der Waals surface area contributed by atoms with E-state index in [2.05, 4.69) is 151 Å². The minimum atomic E-state index is -0.350. The molecule has 1 atom stereocenters. The maximum absolute atomic E-state index is 6.43. The number of rotatable bonds is 5. The second-order valence-corrected chi connectivity index (χ2v) is 16.0. The van der Waals surface area contributed by atoms with Crippen molar-refractivity contribution in [3.63, 3.8) is 0 Å². The Labute approximate surface area is 335 Å². The minimum absolute atomic E-state index is 0.183. The summed E-state index contributed by atoms with van der Waals surface area (Å²) in [5, 5.41) is 6.16. The topological polar surface area (TPSA) is 52.2 Å². The number of aromatic nitrogens is 2. The van der Waals surface area contributed by atoms with Crippen LogP contribution in [0.3, 0.4) is 0 Å². The van der Waals surface area contributed by atoms with Gasteiger partial charge in [0.1, 0.15) is 11.3 Å². The van der Waals surface area contributed by atoms with E-state index in [0.29, 0.717) is 5.89 Å². The number of nitrogens with zero attached hydrogens (tertiary/aromatic N) is 2. The van der Waals surface area contributed by atoms with Gasteiger partial charge in [-0.05, 0) is 123 Å². The summed E-state index contributed by atoms with van der Waals surface area (Å²) in [7, 11) is 0. The quantitative estimate of drug-likeness (QED) is 0.190. The molecule has 5 nitrogen and oxygen atoms in total. The molecule has 0 saturated heterocycles. The second-order valence-electron chi connectivity index (χ2n) is 16.0. The Bertz CT molecular complexity index is 3220. The standard InChI is InChI=1S/C53H37N3O2/c1-53(2)41-25-26-46-50(40-17-6-9-20-45(40)56(46)38-15-4-3-5-16-38)49(41)39-24-23-34(31-42(39)53)32-13-12-14-33(27-32)35-28-36(51-54-43-18-7-10-21-47(43)57-51)30-37(29-35)52-55-44-19-8-11-22-48(44)58-52/h3-31,51,54H,1-2H3. The van der Waals surface area contributed by atoms with Crippen molar-refractivity contribution in [2.45, 2.75) is 25.5 Å². The van der Waals surface area contributed by atoms with Crippen LogP contribution in [0.1, 0.15) is 36.8 Å². The van der Waals surface area contributed by atoms with Crippen LogP contribution >= 0.6 is 0 Å². The molecule has 1 aliphatic carbocycles. The van der Waals surface area contributed by atoms with E-state index in [1.807, 2.05) is 48.5 Å². The fourth-order valence-electron chi connectivity index (χ4n) is 9.43. The van der Waals surface area contributed by atoms with Gasteiger partial charge in [0.2, 0.25) is 5.89 Å². The van der Waals surface area contributed by atoms with E-state index in [0.717, 1.165) is 50.4 Å². The number of benzene rings is 8. The van der Waals surface area contributed by atoms with Crippen LogP contribution < -0.4 is 10.1 Å². The van der Waals surface area contributed by atoms with Crippen molar-refractivity contribution in [3.05, 3.63) is 193 Å². The molecule has 12 rings (SSSR count). The van der Waals surface area contributed by atoms with Crippen molar-refractivity contribution in [2.24, 2.45) is 0 Å². The Kier molecular flexibility index (Phi) is 6.97. The lowest BCUT2D eigenvalue weighted by atomic mass is 9.81. The average molecular weight is 748 g/mol. The largest absolute Gasteiger partial charge is 0.464 e. The molecule has 0 spiro atoms. The normalized spacial score (nSPS) is 15.0. The summed E-state index contributed by atoms with van der Waals surface area (Å²) in [6.07, 6.45) is -0.350. The molecule has 1 N–H and O–H groups in total. The Hall–Kier alpha value is -7.37.